The molecule has 98 valence electrons. The third kappa shape index (κ3) is 4.47. The molecule has 0 spiro atoms. The minimum Gasteiger partial charge on any atom is -0.508 e. The summed E-state index contributed by atoms with van der Waals surface area (Å²) >= 11 is 0. The Morgan fingerprint density at radius 1 is 1.05 bits per heavy atom. The number of carbonyl (C=O) groups excluding carboxylic acids is 1. The van der Waals surface area contributed by atoms with Gasteiger partial charge in [0.15, 0.2) is 0 Å². The predicted molar refractivity (Wildman–Crippen MR) is 76.1 cm³/mol. The number of aryl methyl sites for hydroxylation is 1. The molecule has 0 aromatic heterocycles. The molecule has 0 aliphatic rings. The van der Waals surface area contributed by atoms with Gasteiger partial charge in [0, 0.05) is 18.2 Å². The molecule has 2 aromatic rings. The van der Waals surface area contributed by atoms with Gasteiger partial charge in [0.05, 0.1) is 0 Å². The molecule has 3 heteroatoms. The Morgan fingerprint density at radius 2 is 1.84 bits per heavy atom. The van der Waals surface area contributed by atoms with E-state index in [0.717, 1.165) is 12.8 Å². The lowest BCUT2D eigenvalue weighted by molar-refractivity contribution is -0.116. The summed E-state index contributed by atoms with van der Waals surface area (Å²) in [4.78, 5) is 11.7. The summed E-state index contributed by atoms with van der Waals surface area (Å²) in [6.07, 6.45) is 2.19. The van der Waals surface area contributed by atoms with Crippen molar-refractivity contribution in [3.63, 3.8) is 0 Å². The van der Waals surface area contributed by atoms with Gasteiger partial charge in [-0.2, -0.15) is 0 Å². The highest BCUT2D eigenvalue weighted by Crippen LogP contribution is 2.15. The zero-order chi connectivity index (χ0) is 13.5. The van der Waals surface area contributed by atoms with Gasteiger partial charge in [-0.25, -0.2) is 0 Å². The lowest BCUT2D eigenvalue weighted by Crippen LogP contribution is -2.11. The second-order valence-corrected chi connectivity index (χ2v) is 4.44. The molecule has 0 unspecified atom stereocenters. The number of carbonyl (C=O) groups is 1. The summed E-state index contributed by atoms with van der Waals surface area (Å²) in [7, 11) is 0. The summed E-state index contributed by atoms with van der Waals surface area (Å²) in [5.41, 5.74) is 1.87. The highest BCUT2D eigenvalue weighted by atomic mass is 16.3. The fourth-order valence-electron chi connectivity index (χ4n) is 1.90. The number of hydrogen-bond donors (Lipinski definition) is 2. The highest BCUT2D eigenvalue weighted by molar-refractivity contribution is 5.90. The third-order valence-corrected chi connectivity index (χ3v) is 2.84. The standard InChI is InChI=1S/C16H17NO2/c18-15-10-5-9-14(12-15)17-16(19)11-4-8-13-6-2-1-3-7-13/h1-3,5-7,9-10,12,18H,4,8,11H2,(H,17,19). The van der Waals surface area contributed by atoms with Gasteiger partial charge < -0.3 is 10.4 Å². The third-order valence-electron chi connectivity index (χ3n) is 2.84. The maximum absolute atomic E-state index is 11.7. The second-order valence-electron chi connectivity index (χ2n) is 4.44. The Morgan fingerprint density at radius 3 is 2.58 bits per heavy atom. The van der Waals surface area contributed by atoms with E-state index in [0.29, 0.717) is 12.1 Å². The van der Waals surface area contributed by atoms with Crippen LogP contribution in [0.4, 0.5) is 5.69 Å². The van der Waals surface area contributed by atoms with Crippen molar-refractivity contribution in [2.45, 2.75) is 19.3 Å². The van der Waals surface area contributed by atoms with Crippen LogP contribution >= 0.6 is 0 Å². The lowest BCUT2D eigenvalue weighted by atomic mass is 10.1. The van der Waals surface area contributed by atoms with Crippen molar-refractivity contribution >= 4 is 11.6 Å². The van der Waals surface area contributed by atoms with E-state index < -0.39 is 0 Å². The molecule has 2 aromatic carbocycles. The first-order valence-electron chi connectivity index (χ1n) is 6.37. The van der Waals surface area contributed by atoms with Crippen LogP contribution in [0.5, 0.6) is 5.75 Å². The van der Waals surface area contributed by atoms with Crippen LogP contribution in [-0.2, 0) is 11.2 Å². The fourth-order valence-corrected chi connectivity index (χ4v) is 1.90. The number of nitrogens with one attached hydrogen (secondary N) is 1. The van der Waals surface area contributed by atoms with E-state index in [2.05, 4.69) is 17.4 Å². The Bertz CT molecular complexity index is 537. The van der Waals surface area contributed by atoms with Gasteiger partial charge in [0.1, 0.15) is 5.75 Å². The van der Waals surface area contributed by atoms with Crippen molar-refractivity contribution in [3.8, 4) is 5.75 Å². The SMILES string of the molecule is O=C(CCCc1ccccc1)Nc1cccc(O)c1. The maximum atomic E-state index is 11.7. The molecule has 0 heterocycles. The number of phenols is 1. The van der Waals surface area contributed by atoms with E-state index in [1.807, 2.05) is 18.2 Å². The first-order valence-corrected chi connectivity index (χ1v) is 6.37. The molecular formula is C16H17NO2. The molecular weight excluding hydrogens is 238 g/mol. The number of benzene rings is 2. The van der Waals surface area contributed by atoms with Crippen LogP contribution in [0.25, 0.3) is 0 Å². The van der Waals surface area contributed by atoms with Gasteiger partial charge in [-0.3, -0.25) is 4.79 Å². The number of phenolic OH excluding ortho intramolecular Hbond substituents is 1. The van der Waals surface area contributed by atoms with Crippen molar-refractivity contribution in [1.29, 1.82) is 0 Å². The van der Waals surface area contributed by atoms with Gasteiger partial charge in [-0.15, -0.1) is 0 Å². The summed E-state index contributed by atoms with van der Waals surface area (Å²) < 4.78 is 0. The van der Waals surface area contributed by atoms with Gasteiger partial charge in [0.25, 0.3) is 0 Å². The highest BCUT2D eigenvalue weighted by Gasteiger charge is 2.03. The smallest absolute Gasteiger partial charge is 0.224 e. The van der Waals surface area contributed by atoms with E-state index >= 15 is 0 Å². The fraction of sp³-hybridized carbons (Fsp3) is 0.188. The Labute approximate surface area is 112 Å². The molecule has 2 N–H and O–H groups in total. The molecule has 19 heavy (non-hydrogen) atoms. The van der Waals surface area contributed by atoms with Gasteiger partial charge in [-0.1, -0.05) is 36.4 Å². The van der Waals surface area contributed by atoms with Gasteiger partial charge in [-0.05, 0) is 30.5 Å². The van der Waals surface area contributed by atoms with Crippen molar-refractivity contribution < 1.29 is 9.90 Å². The largest absolute Gasteiger partial charge is 0.508 e. The van der Waals surface area contributed by atoms with E-state index in [4.69, 9.17) is 0 Å². The lowest BCUT2D eigenvalue weighted by Gasteiger charge is -2.05. The van der Waals surface area contributed by atoms with E-state index in [9.17, 15) is 9.90 Å². The van der Waals surface area contributed by atoms with Crippen LogP contribution in [0, 0.1) is 0 Å². The van der Waals surface area contributed by atoms with E-state index in [-0.39, 0.29) is 11.7 Å². The summed E-state index contributed by atoms with van der Waals surface area (Å²) in [6, 6.07) is 16.7. The first-order chi connectivity index (χ1) is 9.24. The minimum absolute atomic E-state index is 0.0264. The van der Waals surface area contributed by atoms with Gasteiger partial charge in [0.2, 0.25) is 5.91 Å². The monoisotopic (exact) mass is 255 g/mol. The quantitative estimate of drug-likeness (QED) is 0.860. The summed E-state index contributed by atoms with van der Waals surface area (Å²) in [6.45, 7) is 0. The molecule has 0 atom stereocenters. The van der Waals surface area contributed by atoms with Crippen molar-refractivity contribution in [1.82, 2.24) is 0 Å². The normalized spacial score (nSPS) is 10.1. The Hall–Kier alpha value is -2.29. The van der Waals surface area contributed by atoms with E-state index in [1.54, 1.807) is 18.2 Å². The topological polar surface area (TPSA) is 49.3 Å². The zero-order valence-electron chi connectivity index (χ0n) is 10.7. The average Bonchev–Trinajstić information content (AvgIpc) is 2.40. The number of amides is 1. The Balaban J connectivity index is 1.76. The average molecular weight is 255 g/mol. The number of aromatic hydroxyl groups is 1. The molecule has 0 aliphatic heterocycles. The van der Waals surface area contributed by atoms with Crippen LogP contribution in [-0.4, -0.2) is 11.0 Å². The van der Waals surface area contributed by atoms with Crippen LogP contribution < -0.4 is 5.32 Å². The molecule has 2 rings (SSSR count). The van der Waals surface area contributed by atoms with Gasteiger partial charge >= 0.3 is 0 Å². The predicted octanol–water partition coefficient (Wildman–Crippen LogP) is 3.35. The van der Waals surface area contributed by atoms with Crippen LogP contribution in [0.2, 0.25) is 0 Å². The zero-order valence-corrected chi connectivity index (χ0v) is 10.7. The molecule has 0 saturated heterocycles. The van der Waals surface area contributed by atoms with Crippen molar-refractivity contribution in [3.05, 3.63) is 60.2 Å². The molecule has 0 radical (unpaired) electrons. The van der Waals surface area contributed by atoms with Crippen LogP contribution in [0.3, 0.4) is 0 Å². The maximum Gasteiger partial charge on any atom is 0.224 e. The van der Waals surface area contributed by atoms with E-state index in [1.165, 1.54) is 11.6 Å². The van der Waals surface area contributed by atoms with Crippen LogP contribution in [0.1, 0.15) is 18.4 Å². The number of rotatable bonds is 5. The number of hydrogen-bond acceptors (Lipinski definition) is 2. The molecule has 0 bridgehead atoms. The molecule has 0 saturated carbocycles. The summed E-state index contributed by atoms with van der Waals surface area (Å²) in [5.74, 6) is 0.128. The molecule has 1 amide bonds. The molecule has 0 aliphatic carbocycles. The number of anilines is 1. The van der Waals surface area contributed by atoms with Crippen molar-refractivity contribution in [2.24, 2.45) is 0 Å². The van der Waals surface area contributed by atoms with Crippen LogP contribution in [0.15, 0.2) is 54.6 Å². The van der Waals surface area contributed by atoms with Crippen molar-refractivity contribution in [2.75, 3.05) is 5.32 Å². The minimum atomic E-state index is -0.0264. The molecule has 3 nitrogen and oxygen atoms in total. The Kier molecular flexibility index (Phi) is 4.56. The summed E-state index contributed by atoms with van der Waals surface area (Å²) in [5, 5.41) is 12.1. The first kappa shape index (κ1) is 13.1. The molecule has 0 fully saturated rings. The second kappa shape index (κ2) is 6.59.